The zero-order valence-corrected chi connectivity index (χ0v) is 18.4. The highest BCUT2D eigenvalue weighted by Crippen LogP contribution is 2.26. The molecule has 0 spiro atoms. The van der Waals surface area contributed by atoms with Crippen molar-refractivity contribution in [3.05, 3.63) is 65.7 Å². The van der Waals surface area contributed by atoms with Crippen LogP contribution in [0.1, 0.15) is 49.8 Å². The van der Waals surface area contributed by atoms with Gasteiger partial charge in [0.25, 0.3) is 0 Å². The Labute approximate surface area is 184 Å². The third-order valence-electron chi connectivity index (χ3n) is 5.50. The van der Waals surface area contributed by atoms with Gasteiger partial charge in [-0.1, -0.05) is 49.4 Å². The Balaban J connectivity index is 1.87. The smallest absolute Gasteiger partial charge is 0.247 e. The number of amides is 2. The zero-order valence-electron chi connectivity index (χ0n) is 18.4. The highest BCUT2D eigenvalue weighted by molar-refractivity contribution is 5.88. The average Bonchev–Trinajstić information content (AvgIpc) is 3.32. The van der Waals surface area contributed by atoms with Gasteiger partial charge in [0.2, 0.25) is 11.8 Å². The summed E-state index contributed by atoms with van der Waals surface area (Å²) in [6, 6.07) is 16.4. The third kappa shape index (κ3) is 6.31. The van der Waals surface area contributed by atoms with Crippen molar-refractivity contribution in [2.45, 2.75) is 51.3 Å². The van der Waals surface area contributed by atoms with Crippen LogP contribution in [-0.4, -0.2) is 43.1 Å². The number of benzene rings is 2. The van der Waals surface area contributed by atoms with Crippen LogP contribution in [0.25, 0.3) is 0 Å². The predicted octanol–water partition coefficient (Wildman–Crippen LogP) is 3.86. The van der Waals surface area contributed by atoms with Gasteiger partial charge in [0.1, 0.15) is 11.8 Å². The Bertz CT molecular complexity index is 832. The standard InChI is InChI=1S/C25H32N2O4/c1-3-8-23(28)27(18-19-12-14-21(30-2)15-13-19)24(20-9-5-4-6-10-20)25(29)26-17-22-11-7-16-31-22/h4-6,9-10,12-15,22,24H,3,7-8,11,16-18H2,1-2H3,(H,26,29)/t22-,24+/m0/s1. The Morgan fingerprint density at radius 1 is 1.16 bits per heavy atom. The van der Waals surface area contributed by atoms with Crippen LogP contribution in [0.3, 0.4) is 0 Å². The molecule has 0 aliphatic carbocycles. The normalized spacial score (nSPS) is 16.5. The number of rotatable bonds is 10. The topological polar surface area (TPSA) is 67.9 Å². The number of ether oxygens (including phenoxy) is 2. The fourth-order valence-corrected chi connectivity index (χ4v) is 3.83. The molecule has 166 valence electrons. The predicted molar refractivity (Wildman–Crippen MR) is 120 cm³/mol. The molecule has 1 saturated heterocycles. The molecule has 0 unspecified atom stereocenters. The minimum absolute atomic E-state index is 0.0422. The van der Waals surface area contributed by atoms with Gasteiger partial charge in [-0.05, 0) is 42.5 Å². The highest BCUT2D eigenvalue weighted by atomic mass is 16.5. The maximum Gasteiger partial charge on any atom is 0.247 e. The second-order valence-corrected chi connectivity index (χ2v) is 7.81. The molecule has 3 rings (SSSR count). The molecular formula is C25H32N2O4. The van der Waals surface area contributed by atoms with Crippen LogP contribution >= 0.6 is 0 Å². The molecule has 2 atom stereocenters. The van der Waals surface area contributed by atoms with E-state index in [1.54, 1.807) is 12.0 Å². The van der Waals surface area contributed by atoms with E-state index in [9.17, 15) is 9.59 Å². The van der Waals surface area contributed by atoms with E-state index in [2.05, 4.69) is 5.32 Å². The van der Waals surface area contributed by atoms with Crippen LogP contribution in [0, 0.1) is 0 Å². The molecule has 2 amide bonds. The second-order valence-electron chi connectivity index (χ2n) is 7.81. The van der Waals surface area contributed by atoms with E-state index < -0.39 is 6.04 Å². The minimum Gasteiger partial charge on any atom is -0.497 e. The molecule has 1 N–H and O–H groups in total. The summed E-state index contributed by atoms with van der Waals surface area (Å²) in [5, 5.41) is 3.03. The van der Waals surface area contributed by atoms with Crippen LogP contribution in [0.2, 0.25) is 0 Å². The fraction of sp³-hybridized carbons (Fsp3) is 0.440. The lowest BCUT2D eigenvalue weighted by Gasteiger charge is -2.32. The number of carbonyl (C=O) groups excluding carboxylic acids is 2. The number of nitrogens with one attached hydrogen (secondary N) is 1. The summed E-state index contributed by atoms with van der Waals surface area (Å²) < 4.78 is 10.9. The van der Waals surface area contributed by atoms with E-state index in [0.29, 0.717) is 19.5 Å². The first-order valence-corrected chi connectivity index (χ1v) is 11.0. The first-order valence-electron chi connectivity index (χ1n) is 11.0. The maximum absolute atomic E-state index is 13.4. The van der Waals surface area contributed by atoms with Crippen molar-refractivity contribution >= 4 is 11.8 Å². The molecule has 6 nitrogen and oxygen atoms in total. The average molecular weight is 425 g/mol. The quantitative estimate of drug-likeness (QED) is 0.629. The van der Waals surface area contributed by atoms with E-state index in [-0.39, 0.29) is 17.9 Å². The van der Waals surface area contributed by atoms with Crippen LogP contribution in [0.5, 0.6) is 5.75 Å². The summed E-state index contributed by atoms with van der Waals surface area (Å²) in [5.74, 6) is 0.531. The number of hydrogen-bond acceptors (Lipinski definition) is 4. The number of methoxy groups -OCH3 is 1. The van der Waals surface area contributed by atoms with Crippen molar-refractivity contribution in [1.82, 2.24) is 10.2 Å². The lowest BCUT2D eigenvalue weighted by molar-refractivity contribution is -0.141. The summed E-state index contributed by atoms with van der Waals surface area (Å²) >= 11 is 0. The van der Waals surface area contributed by atoms with E-state index in [1.807, 2.05) is 61.5 Å². The van der Waals surface area contributed by atoms with E-state index >= 15 is 0 Å². The minimum atomic E-state index is -0.705. The Morgan fingerprint density at radius 2 is 1.90 bits per heavy atom. The van der Waals surface area contributed by atoms with Gasteiger partial charge in [-0.15, -0.1) is 0 Å². The van der Waals surface area contributed by atoms with Crippen molar-refractivity contribution in [2.24, 2.45) is 0 Å². The SMILES string of the molecule is CCCC(=O)N(Cc1ccc(OC)cc1)[C@@H](C(=O)NC[C@@H]1CCCO1)c1ccccc1. The molecule has 0 radical (unpaired) electrons. The molecule has 1 heterocycles. The Kier molecular flexibility index (Phi) is 8.47. The zero-order chi connectivity index (χ0) is 22.1. The molecule has 0 bridgehead atoms. The van der Waals surface area contributed by atoms with Crippen LogP contribution < -0.4 is 10.1 Å². The van der Waals surface area contributed by atoms with Crippen LogP contribution in [0.15, 0.2) is 54.6 Å². The molecule has 1 aliphatic heterocycles. The molecular weight excluding hydrogens is 392 g/mol. The Hall–Kier alpha value is -2.86. The number of carbonyl (C=O) groups is 2. The Morgan fingerprint density at radius 3 is 2.52 bits per heavy atom. The lowest BCUT2D eigenvalue weighted by Crippen LogP contribution is -2.45. The molecule has 6 heteroatoms. The van der Waals surface area contributed by atoms with Gasteiger partial charge in [-0.2, -0.15) is 0 Å². The van der Waals surface area contributed by atoms with E-state index in [4.69, 9.17) is 9.47 Å². The molecule has 0 aromatic heterocycles. The molecule has 1 aliphatic rings. The van der Waals surface area contributed by atoms with Gasteiger partial charge in [0, 0.05) is 26.1 Å². The first-order chi connectivity index (χ1) is 15.1. The summed E-state index contributed by atoms with van der Waals surface area (Å²) in [6.07, 6.45) is 3.11. The van der Waals surface area contributed by atoms with Gasteiger partial charge in [-0.3, -0.25) is 9.59 Å². The van der Waals surface area contributed by atoms with Crippen LogP contribution in [0.4, 0.5) is 0 Å². The largest absolute Gasteiger partial charge is 0.497 e. The second kappa shape index (κ2) is 11.5. The van der Waals surface area contributed by atoms with Gasteiger partial charge < -0.3 is 19.7 Å². The summed E-state index contributed by atoms with van der Waals surface area (Å²) in [4.78, 5) is 28.2. The first kappa shape index (κ1) is 22.8. The van der Waals surface area contributed by atoms with Crippen molar-refractivity contribution in [2.75, 3.05) is 20.3 Å². The number of nitrogens with zero attached hydrogens (tertiary/aromatic N) is 1. The van der Waals surface area contributed by atoms with Gasteiger partial charge >= 0.3 is 0 Å². The summed E-state index contributed by atoms with van der Waals surface area (Å²) in [6.45, 7) is 3.51. The maximum atomic E-state index is 13.4. The van der Waals surface area contributed by atoms with Gasteiger partial charge in [0.15, 0.2) is 0 Å². The molecule has 0 saturated carbocycles. The van der Waals surface area contributed by atoms with E-state index in [1.165, 1.54) is 0 Å². The summed E-state index contributed by atoms with van der Waals surface area (Å²) in [7, 11) is 1.62. The monoisotopic (exact) mass is 424 g/mol. The highest BCUT2D eigenvalue weighted by Gasteiger charge is 2.31. The van der Waals surface area contributed by atoms with Crippen molar-refractivity contribution in [3.8, 4) is 5.75 Å². The fourth-order valence-electron chi connectivity index (χ4n) is 3.83. The molecule has 1 fully saturated rings. The molecule has 2 aromatic carbocycles. The van der Waals surface area contributed by atoms with Gasteiger partial charge in [-0.25, -0.2) is 0 Å². The molecule has 31 heavy (non-hydrogen) atoms. The van der Waals surface area contributed by atoms with Crippen molar-refractivity contribution < 1.29 is 19.1 Å². The summed E-state index contributed by atoms with van der Waals surface area (Å²) in [5.41, 5.74) is 1.74. The van der Waals surface area contributed by atoms with E-state index in [0.717, 1.165) is 42.7 Å². The van der Waals surface area contributed by atoms with Crippen molar-refractivity contribution in [1.29, 1.82) is 0 Å². The number of hydrogen-bond donors (Lipinski definition) is 1. The van der Waals surface area contributed by atoms with Gasteiger partial charge in [0.05, 0.1) is 13.2 Å². The van der Waals surface area contributed by atoms with Crippen molar-refractivity contribution in [3.63, 3.8) is 0 Å². The third-order valence-corrected chi connectivity index (χ3v) is 5.50. The van der Waals surface area contributed by atoms with Crippen LogP contribution in [-0.2, 0) is 20.9 Å². The lowest BCUT2D eigenvalue weighted by atomic mass is 10.0. The molecule has 2 aromatic rings.